The van der Waals surface area contributed by atoms with Crippen LogP contribution < -0.4 is 5.73 Å². The van der Waals surface area contributed by atoms with Gasteiger partial charge in [0.05, 0.1) is 10.2 Å². The van der Waals surface area contributed by atoms with Gasteiger partial charge in [0.25, 0.3) is 0 Å². The van der Waals surface area contributed by atoms with Gasteiger partial charge in [0, 0.05) is 11.8 Å². The van der Waals surface area contributed by atoms with E-state index in [2.05, 4.69) is 32.8 Å². The largest absolute Gasteiger partial charge is 0.383 e. The lowest BCUT2D eigenvalue weighted by atomic mass is 10.2. The maximum Gasteiger partial charge on any atom is 0.141 e. The molecule has 4 heteroatoms. The molecule has 15 heavy (non-hydrogen) atoms. The van der Waals surface area contributed by atoms with Crippen molar-refractivity contribution in [2.45, 2.75) is 38.0 Å². The lowest BCUT2D eigenvalue weighted by Gasteiger charge is -2.07. The highest BCUT2D eigenvalue weighted by atomic mass is 79.9. The molecule has 2 aliphatic carbocycles. The zero-order valence-corrected chi connectivity index (χ0v) is 10.3. The summed E-state index contributed by atoms with van der Waals surface area (Å²) in [5.74, 6) is 3.49. The van der Waals surface area contributed by atoms with Crippen molar-refractivity contribution in [1.82, 2.24) is 9.97 Å². The highest BCUT2D eigenvalue weighted by molar-refractivity contribution is 9.10. The number of nitrogens with two attached hydrogens (primary N) is 1. The van der Waals surface area contributed by atoms with Gasteiger partial charge in [-0.3, -0.25) is 0 Å². The average Bonchev–Trinajstić information content (AvgIpc) is 3.04. The van der Waals surface area contributed by atoms with Crippen LogP contribution in [0, 0.1) is 5.92 Å². The van der Waals surface area contributed by atoms with Crippen LogP contribution in [0.3, 0.4) is 0 Å². The Kier molecular flexibility index (Phi) is 2.03. The van der Waals surface area contributed by atoms with Gasteiger partial charge in [-0.05, 0) is 41.1 Å². The fourth-order valence-electron chi connectivity index (χ4n) is 1.98. The summed E-state index contributed by atoms with van der Waals surface area (Å²) >= 11 is 3.49. The molecule has 0 bridgehead atoms. The molecule has 3 rings (SSSR count). The number of nitrogen functional groups attached to an aromatic ring is 1. The maximum absolute atomic E-state index is 5.90. The monoisotopic (exact) mass is 267 g/mol. The van der Waals surface area contributed by atoms with Crippen LogP contribution in [-0.2, 0) is 0 Å². The SMILES string of the molecule is CC1CC1c1nc(N)c(Br)c(C2CC2)n1. The van der Waals surface area contributed by atoms with Crippen LogP contribution in [0.5, 0.6) is 0 Å². The summed E-state index contributed by atoms with van der Waals surface area (Å²) < 4.78 is 0.919. The molecule has 2 saturated carbocycles. The minimum atomic E-state index is 0.554. The Bertz CT molecular complexity index is 415. The Labute approximate surface area is 97.6 Å². The van der Waals surface area contributed by atoms with Gasteiger partial charge in [-0.2, -0.15) is 0 Å². The smallest absolute Gasteiger partial charge is 0.141 e. The molecule has 2 atom stereocenters. The first-order valence-electron chi connectivity index (χ1n) is 5.49. The van der Waals surface area contributed by atoms with Crippen molar-refractivity contribution in [3.8, 4) is 0 Å². The predicted octanol–water partition coefficient (Wildman–Crippen LogP) is 2.82. The van der Waals surface area contributed by atoms with Crippen molar-refractivity contribution in [2.75, 3.05) is 5.73 Å². The standard InChI is InChI=1S/C11H14BrN3/c1-5-4-7(5)11-14-9(6-2-3-6)8(12)10(13)15-11/h5-7H,2-4H2,1H3,(H2,13,14,15). The fraction of sp³-hybridized carbons (Fsp3) is 0.636. The van der Waals surface area contributed by atoms with E-state index in [1.807, 2.05) is 0 Å². The van der Waals surface area contributed by atoms with Crippen molar-refractivity contribution in [1.29, 1.82) is 0 Å². The van der Waals surface area contributed by atoms with Crippen LogP contribution in [0.15, 0.2) is 4.47 Å². The number of aromatic nitrogens is 2. The summed E-state index contributed by atoms with van der Waals surface area (Å²) in [6.07, 6.45) is 3.70. The Morgan fingerprint density at radius 1 is 1.33 bits per heavy atom. The minimum Gasteiger partial charge on any atom is -0.383 e. The quantitative estimate of drug-likeness (QED) is 0.897. The first-order chi connectivity index (χ1) is 7.16. The molecule has 0 aromatic carbocycles. The number of rotatable bonds is 2. The average molecular weight is 268 g/mol. The van der Waals surface area contributed by atoms with E-state index >= 15 is 0 Å². The Morgan fingerprint density at radius 3 is 2.53 bits per heavy atom. The third-order valence-electron chi connectivity index (χ3n) is 3.32. The lowest BCUT2D eigenvalue weighted by molar-refractivity contribution is 0.818. The van der Waals surface area contributed by atoms with Crippen molar-refractivity contribution in [3.63, 3.8) is 0 Å². The van der Waals surface area contributed by atoms with E-state index < -0.39 is 0 Å². The Balaban J connectivity index is 2.02. The van der Waals surface area contributed by atoms with Gasteiger partial charge in [0.15, 0.2) is 0 Å². The van der Waals surface area contributed by atoms with Gasteiger partial charge in [-0.25, -0.2) is 9.97 Å². The van der Waals surface area contributed by atoms with Gasteiger partial charge in [0.1, 0.15) is 11.6 Å². The normalized spacial score (nSPS) is 29.2. The van der Waals surface area contributed by atoms with Gasteiger partial charge in [-0.15, -0.1) is 0 Å². The lowest BCUT2D eigenvalue weighted by Crippen LogP contribution is -2.04. The second-order valence-corrected chi connectivity index (χ2v) is 5.55. The second-order valence-electron chi connectivity index (χ2n) is 4.76. The molecule has 1 aromatic heterocycles. The molecule has 2 unspecified atom stereocenters. The van der Waals surface area contributed by atoms with Gasteiger partial charge in [0.2, 0.25) is 0 Å². The second kappa shape index (κ2) is 3.17. The van der Waals surface area contributed by atoms with Crippen LogP contribution in [-0.4, -0.2) is 9.97 Å². The Morgan fingerprint density at radius 2 is 2.00 bits per heavy atom. The van der Waals surface area contributed by atoms with Gasteiger partial charge in [-0.1, -0.05) is 6.92 Å². The van der Waals surface area contributed by atoms with Crippen LogP contribution in [0.2, 0.25) is 0 Å². The molecule has 2 aliphatic rings. The molecule has 0 amide bonds. The zero-order valence-electron chi connectivity index (χ0n) is 8.70. The van der Waals surface area contributed by atoms with E-state index in [1.54, 1.807) is 0 Å². The summed E-state index contributed by atoms with van der Waals surface area (Å²) in [6, 6.07) is 0. The zero-order chi connectivity index (χ0) is 10.6. The summed E-state index contributed by atoms with van der Waals surface area (Å²) in [5, 5.41) is 0. The van der Waals surface area contributed by atoms with E-state index in [-0.39, 0.29) is 0 Å². The van der Waals surface area contributed by atoms with Gasteiger partial charge < -0.3 is 5.73 Å². The van der Waals surface area contributed by atoms with Crippen LogP contribution in [0.4, 0.5) is 5.82 Å². The summed E-state index contributed by atoms with van der Waals surface area (Å²) in [4.78, 5) is 9.05. The molecule has 80 valence electrons. The van der Waals surface area contributed by atoms with E-state index in [0.29, 0.717) is 17.7 Å². The minimum absolute atomic E-state index is 0.554. The van der Waals surface area contributed by atoms with Crippen molar-refractivity contribution in [2.24, 2.45) is 5.92 Å². The molecule has 0 aliphatic heterocycles. The number of nitrogens with zero attached hydrogens (tertiary/aromatic N) is 2. The summed E-state index contributed by atoms with van der Waals surface area (Å²) in [6.45, 7) is 2.24. The number of anilines is 1. The predicted molar refractivity (Wildman–Crippen MR) is 62.6 cm³/mol. The number of hydrogen-bond acceptors (Lipinski definition) is 3. The topological polar surface area (TPSA) is 51.8 Å². The van der Waals surface area contributed by atoms with Crippen LogP contribution in [0.25, 0.3) is 0 Å². The molecule has 0 radical (unpaired) electrons. The Hall–Kier alpha value is -0.640. The third-order valence-corrected chi connectivity index (χ3v) is 4.14. The molecule has 1 heterocycles. The number of hydrogen-bond donors (Lipinski definition) is 1. The highest BCUT2D eigenvalue weighted by Gasteiger charge is 2.38. The van der Waals surface area contributed by atoms with E-state index in [4.69, 9.17) is 5.73 Å². The molecule has 0 saturated heterocycles. The summed E-state index contributed by atoms with van der Waals surface area (Å²) in [7, 11) is 0. The first kappa shape index (κ1) is 9.58. The molecule has 1 aromatic rings. The molecular weight excluding hydrogens is 254 g/mol. The molecule has 2 N–H and O–H groups in total. The van der Waals surface area contributed by atoms with Crippen LogP contribution in [0.1, 0.15) is 49.5 Å². The maximum atomic E-state index is 5.90. The molecule has 2 fully saturated rings. The fourth-order valence-corrected chi connectivity index (χ4v) is 2.48. The van der Waals surface area contributed by atoms with Crippen molar-refractivity contribution in [3.05, 3.63) is 16.0 Å². The molecule has 3 nitrogen and oxygen atoms in total. The van der Waals surface area contributed by atoms with Crippen molar-refractivity contribution < 1.29 is 0 Å². The van der Waals surface area contributed by atoms with E-state index in [0.717, 1.165) is 21.9 Å². The number of halogens is 1. The molecular formula is C11H14BrN3. The summed E-state index contributed by atoms with van der Waals surface area (Å²) in [5.41, 5.74) is 7.04. The van der Waals surface area contributed by atoms with Crippen molar-refractivity contribution >= 4 is 21.7 Å². The first-order valence-corrected chi connectivity index (χ1v) is 6.29. The van der Waals surface area contributed by atoms with Crippen LogP contribution >= 0.6 is 15.9 Å². The molecule has 0 spiro atoms. The third kappa shape index (κ3) is 1.65. The highest BCUT2D eigenvalue weighted by Crippen LogP contribution is 2.48. The van der Waals surface area contributed by atoms with Gasteiger partial charge >= 0.3 is 0 Å². The van der Waals surface area contributed by atoms with E-state index in [9.17, 15) is 0 Å². The van der Waals surface area contributed by atoms with E-state index in [1.165, 1.54) is 19.3 Å².